The number of hydrogen-bond donors (Lipinski definition) is 1. The number of halogens is 1. The van der Waals surface area contributed by atoms with E-state index in [1.165, 1.54) is 62.7 Å². The molecule has 4 aliphatic rings. The first-order chi connectivity index (χ1) is 13.4. The first-order valence-corrected chi connectivity index (χ1v) is 11.6. The van der Waals surface area contributed by atoms with Crippen LogP contribution in [0.1, 0.15) is 77.2 Å². The molecule has 0 aliphatic heterocycles. The number of benzene rings is 1. The molecule has 1 nitrogen and oxygen atoms in total. The van der Waals surface area contributed by atoms with E-state index in [1.54, 1.807) is 0 Å². The van der Waals surface area contributed by atoms with Gasteiger partial charge in [0, 0.05) is 5.41 Å². The van der Waals surface area contributed by atoms with E-state index in [2.05, 4.69) is 19.9 Å². The molecule has 1 aromatic carbocycles. The van der Waals surface area contributed by atoms with Gasteiger partial charge in [0.05, 0.1) is 6.10 Å². The minimum absolute atomic E-state index is 0.0187. The van der Waals surface area contributed by atoms with E-state index in [9.17, 15) is 9.50 Å². The molecule has 0 radical (unpaired) electrons. The summed E-state index contributed by atoms with van der Waals surface area (Å²) in [5, 5.41) is 11.3. The van der Waals surface area contributed by atoms with E-state index in [0.29, 0.717) is 11.3 Å². The van der Waals surface area contributed by atoms with Crippen LogP contribution < -0.4 is 0 Å². The number of fused-ring (bicyclic) bond motifs is 5. The first-order valence-electron chi connectivity index (χ1n) is 11.6. The van der Waals surface area contributed by atoms with Crippen molar-refractivity contribution >= 4 is 6.08 Å². The molecule has 0 saturated heterocycles. The van der Waals surface area contributed by atoms with Crippen molar-refractivity contribution in [2.45, 2.75) is 77.7 Å². The topological polar surface area (TPSA) is 20.2 Å². The summed E-state index contributed by atoms with van der Waals surface area (Å²) in [5.41, 5.74) is 2.75. The van der Waals surface area contributed by atoms with Crippen LogP contribution in [0.15, 0.2) is 29.8 Å². The Morgan fingerprint density at radius 1 is 0.929 bits per heavy atom. The molecule has 0 aromatic heterocycles. The number of aliphatic hydroxyl groups is 1. The molecule has 0 heterocycles. The zero-order valence-electron chi connectivity index (χ0n) is 17.5. The Bertz CT molecular complexity index is 767. The maximum Gasteiger partial charge on any atom is 0.123 e. The second-order valence-electron chi connectivity index (χ2n) is 10.8. The molecule has 0 bridgehead atoms. The van der Waals surface area contributed by atoms with Crippen molar-refractivity contribution in [3.05, 3.63) is 41.2 Å². The molecule has 4 saturated carbocycles. The van der Waals surface area contributed by atoms with Gasteiger partial charge in [-0.25, -0.2) is 4.39 Å². The summed E-state index contributed by atoms with van der Waals surface area (Å²) in [4.78, 5) is 0. The molecule has 0 amide bonds. The van der Waals surface area contributed by atoms with Crippen molar-refractivity contribution in [1.29, 1.82) is 0 Å². The minimum Gasteiger partial charge on any atom is -0.388 e. The molecule has 4 aliphatic carbocycles. The van der Waals surface area contributed by atoms with Gasteiger partial charge in [0.25, 0.3) is 0 Å². The summed E-state index contributed by atoms with van der Waals surface area (Å²) < 4.78 is 13.3. The van der Waals surface area contributed by atoms with Crippen molar-refractivity contribution in [1.82, 2.24) is 0 Å². The summed E-state index contributed by atoms with van der Waals surface area (Å²) >= 11 is 0. The smallest absolute Gasteiger partial charge is 0.123 e. The molecule has 152 valence electrons. The fourth-order valence-electron chi connectivity index (χ4n) is 8.07. The van der Waals surface area contributed by atoms with Gasteiger partial charge in [-0.15, -0.1) is 0 Å². The second-order valence-corrected chi connectivity index (χ2v) is 10.8. The summed E-state index contributed by atoms with van der Waals surface area (Å²) in [6.07, 6.45) is 13.7. The first kappa shape index (κ1) is 18.9. The highest BCUT2D eigenvalue weighted by atomic mass is 19.1. The monoisotopic (exact) mass is 382 g/mol. The molecule has 7 atom stereocenters. The fourth-order valence-corrected chi connectivity index (χ4v) is 8.07. The van der Waals surface area contributed by atoms with E-state index >= 15 is 0 Å². The lowest BCUT2D eigenvalue weighted by Gasteiger charge is -2.60. The Labute approximate surface area is 169 Å². The quantitative estimate of drug-likeness (QED) is 0.579. The summed E-state index contributed by atoms with van der Waals surface area (Å²) in [6, 6.07) is 6.69. The lowest BCUT2D eigenvalue weighted by atomic mass is 9.45. The lowest BCUT2D eigenvalue weighted by molar-refractivity contribution is -0.119. The Kier molecular flexibility index (Phi) is 4.50. The molecule has 2 heteroatoms. The third-order valence-electron chi connectivity index (χ3n) is 9.67. The predicted octanol–water partition coefficient (Wildman–Crippen LogP) is 6.61. The Hall–Kier alpha value is -1.15. The van der Waals surface area contributed by atoms with E-state index in [0.717, 1.165) is 36.2 Å². The van der Waals surface area contributed by atoms with Crippen LogP contribution in [0, 0.1) is 40.3 Å². The van der Waals surface area contributed by atoms with Gasteiger partial charge in [0.2, 0.25) is 0 Å². The molecule has 1 N–H and O–H groups in total. The Morgan fingerprint density at radius 3 is 2.50 bits per heavy atom. The number of hydrogen-bond acceptors (Lipinski definition) is 1. The van der Waals surface area contributed by atoms with Crippen LogP contribution in [0.3, 0.4) is 0 Å². The van der Waals surface area contributed by atoms with Crippen LogP contribution in [0.5, 0.6) is 0 Å². The van der Waals surface area contributed by atoms with Gasteiger partial charge in [-0.05, 0) is 97.3 Å². The second kappa shape index (κ2) is 6.69. The molecule has 5 rings (SSSR count). The van der Waals surface area contributed by atoms with Crippen molar-refractivity contribution in [3.63, 3.8) is 0 Å². The van der Waals surface area contributed by atoms with Crippen LogP contribution >= 0.6 is 0 Å². The third kappa shape index (κ3) is 2.74. The number of aliphatic hydroxyl groups excluding tert-OH is 1. The van der Waals surface area contributed by atoms with E-state index in [-0.39, 0.29) is 17.3 Å². The lowest BCUT2D eigenvalue weighted by Crippen LogP contribution is -2.53. The average Bonchev–Trinajstić information content (AvgIpc) is 2.94. The fraction of sp³-hybridized carbons (Fsp3) is 0.692. The molecular formula is C26H35FO. The largest absolute Gasteiger partial charge is 0.388 e. The van der Waals surface area contributed by atoms with Crippen LogP contribution in [0.25, 0.3) is 6.08 Å². The van der Waals surface area contributed by atoms with Crippen LogP contribution in [0.2, 0.25) is 0 Å². The van der Waals surface area contributed by atoms with Crippen LogP contribution in [-0.4, -0.2) is 11.2 Å². The normalized spacial score (nSPS) is 46.7. The molecule has 0 unspecified atom stereocenters. The average molecular weight is 383 g/mol. The van der Waals surface area contributed by atoms with Gasteiger partial charge in [-0.2, -0.15) is 0 Å². The third-order valence-corrected chi connectivity index (χ3v) is 9.67. The zero-order chi connectivity index (χ0) is 19.5. The standard InChI is InChI=1S/C26H35FO/c1-25-13-4-3-5-19(25)8-11-21-22(25)12-14-26(2)23(21)16-18(24(26)28)15-17-6-9-20(27)10-7-17/h6-7,9-10,15,19,21-24,28H,3-5,8,11-14,16H2,1-2H3/b18-15+/t19-,21+,22-,23-,24-,25-,26-/m0/s1. The highest BCUT2D eigenvalue weighted by Crippen LogP contribution is 2.67. The Balaban J connectivity index is 1.45. The summed E-state index contributed by atoms with van der Waals surface area (Å²) in [7, 11) is 0. The molecule has 1 aromatic rings. The highest BCUT2D eigenvalue weighted by molar-refractivity contribution is 5.55. The van der Waals surface area contributed by atoms with Crippen molar-refractivity contribution < 1.29 is 9.50 Å². The van der Waals surface area contributed by atoms with Crippen molar-refractivity contribution in [3.8, 4) is 0 Å². The van der Waals surface area contributed by atoms with Crippen molar-refractivity contribution in [2.75, 3.05) is 0 Å². The van der Waals surface area contributed by atoms with Gasteiger partial charge in [0.1, 0.15) is 5.82 Å². The minimum atomic E-state index is -0.347. The highest BCUT2D eigenvalue weighted by Gasteiger charge is 2.60. The van der Waals surface area contributed by atoms with Gasteiger partial charge in [-0.1, -0.05) is 44.9 Å². The predicted molar refractivity (Wildman–Crippen MR) is 112 cm³/mol. The molecular weight excluding hydrogens is 347 g/mol. The van der Waals surface area contributed by atoms with Crippen LogP contribution in [0.4, 0.5) is 4.39 Å². The van der Waals surface area contributed by atoms with Gasteiger partial charge in [0.15, 0.2) is 0 Å². The maximum atomic E-state index is 13.3. The molecule has 28 heavy (non-hydrogen) atoms. The number of rotatable bonds is 1. The van der Waals surface area contributed by atoms with E-state index in [1.807, 2.05) is 12.1 Å². The van der Waals surface area contributed by atoms with E-state index in [4.69, 9.17) is 0 Å². The molecule has 0 spiro atoms. The molecule has 4 fully saturated rings. The van der Waals surface area contributed by atoms with Crippen molar-refractivity contribution in [2.24, 2.45) is 34.5 Å². The Morgan fingerprint density at radius 2 is 1.71 bits per heavy atom. The van der Waals surface area contributed by atoms with Crippen LogP contribution in [-0.2, 0) is 0 Å². The van der Waals surface area contributed by atoms with Gasteiger partial charge >= 0.3 is 0 Å². The summed E-state index contributed by atoms with van der Waals surface area (Å²) in [5.74, 6) is 2.96. The SMILES string of the molecule is C[C@]12CCCC[C@H]1CC[C@@H]1[C@@H]2CC[C@]2(C)[C@@H](O)/C(=C/c3ccc(F)cc3)C[C@@H]12. The van der Waals surface area contributed by atoms with Gasteiger partial charge < -0.3 is 5.11 Å². The maximum absolute atomic E-state index is 13.3. The zero-order valence-corrected chi connectivity index (χ0v) is 17.5. The van der Waals surface area contributed by atoms with E-state index < -0.39 is 0 Å². The summed E-state index contributed by atoms with van der Waals surface area (Å²) in [6.45, 7) is 4.95. The van der Waals surface area contributed by atoms with Gasteiger partial charge in [-0.3, -0.25) is 0 Å².